The van der Waals surface area contributed by atoms with E-state index < -0.39 is 10.1 Å². The number of hydrogen-bond acceptors (Lipinski definition) is 3. The van der Waals surface area contributed by atoms with Gasteiger partial charge in [-0.1, -0.05) is 12.1 Å². The van der Waals surface area contributed by atoms with Gasteiger partial charge >= 0.3 is 0 Å². The van der Waals surface area contributed by atoms with Crippen molar-refractivity contribution in [2.24, 2.45) is 0 Å². The van der Waals surface area contributed by atoms with Crippen LogP contribution in [0.2, 0.25) is 0 Å². The Kier molecular flexibility index (Phi) is 3.81. The number of anilines is 1. The van der Waals surface area contributed by atoms with Gasteiger partial charge in [0.25, 0.3) is 10.1 Å². The predicted octanol–water partition coefficient (Wildman–Crippen LogP) is 1.50. The number of carbonyl (C=O) groups excluding carboxylic acids is 1. The van der Waals surface area contributed by atoms with Gasteiger partial charge in [0.05, 0.1) is 5.41 Å². The molecule has 1 aromatic rings. The van der Waals surface area contributed by atoms with Gasteiger partial charge in [-0.05, 0) is 23.8 Å². The maximum Gasteiger partial charge on any atom is 0.287 e. The second kappa shape index (κ2) is 4.91. The van der Waals surface area contributed by atoms with E-state index in [1.54, 1.807) is 24.3 Å². The Labute approximate surface area is 93.5 Å². The first-order chi connectivity index (χ1) is 7.37. The molecule has 0 aliphatic carbocycles. The maximum absolute atomic E-state index is 10.7. The van der Waals surface area contributed by atoms with Crippen molar-refractivity contribution in [1.82, 2.24) is 0 Å². The minimum Gasteiger partial charge on any atom is -0.326 e. The minimum atomic E-state index is -4.10. The zero-order valence-corrected chi connectivity index (χ0v) is 9.36. The summed E-state index contributed by atoms with van der Waals surface area (Å²) in [5.74, 6) is -0.179. The molecule has 0 radical (unpaired) electrons. The zero-order valence-electron chi connectivity index (χ0n) is 8.54. The van der Waals surface area contributed by atoms with Crippen molar-refractivity contribution in [2.75, 3.05) is 5.32 Å². The lowest BCUT2D eigenvalue weighted by atomic mass is 10.2. The van der Waals surface area contributed by atoms with E-state index in [2.05, 4.69) is 5.32 Å². The molecule has 0 aliphatic rings. The summed E-state index contributed by atoms with van der Waals surface area (Å²) in [6, 6.07) is 6.50. The Hall–Kier alpha value is -1.66. The van der Waals surface area contributed by atoms with Gasteiger partial charge in [-0.25, -0.2) is 0 Å². The lowest BCUT2D eigenvalue weighted by Crippen LogP contribution is -2.05. The summed E-state index contributed by atoms with van der Waals surface area (Å²) in [4.78, 5) is 10.7. The number of nitrogens with one attached hydrogen (secondary N) is 1. The van der Waals surface area contributed by atoms with Crippen molar-refractivity contribution >= 4 is 27.8 Å². The third kappa shape index (κ3) is 4.72. The van der Waals surface area contributed by atoms with Crippen molar-refractivity contribution in [3.05, 3.63) is 35.2 Å². The van der Waals surface area contributed by atoms with Crippen molar-refractivity contribution in [3.8, 4) is 0 Å². The van der Waals surface area contributed by atoms with Crippen LogP contribution in [0.3, 0.4) is 0 Å². The number of hydrogen-bond donors (Lipinski definition) is 2. The molecular weight excluding hydrogens is 230 g/mol. The molecule has 86 valence electrons. The van der Waals surface area contributed by atoms with Crippen LogP contribution in [0.4, 0.5) is 5.69 Å². The van der Waals surface area contributed by atoms with Crippen LogP contribution in [0.25, 0.3) is 6.08 Å². The molecule has 1 amide bonds. The molecule has 2 N–H and O–H groups in total. The molecule has 0 atom stereocenters. The van der Waals surface area contributed by atoms with E-state index in [4.69, 9.17) is 4.55 Å². The number of amides is 1. The molecule has 5 nitrogen and oxygen atoms in total. The van der Waals surface area contributed by atoms with E-state index in [9.17, 15) is 13.2 Å². The van der Waals surface area contributed by atoms with Crippen molar-refractivity contribution < 1.29 is 17.8 Å². The molecule has 6 heteroatoms. The van der Waals surface area contributed by atoms with Gasteiger partial charge in [0.1, 0.15) is 0 Å². The molecule has 1 rings (SSSR count). The molecule has 0 unspecified atom stereocenters. The largest absolute Gasteiger partial charge is 0.326 e. The zero-order chi connectivity index (χ0) is 12.2. The molecule has 0 aromatic heterocycles. The third-order valence-corrected chi connectivity index (χ3v) is 2.14. The average molecular weight is 241 g/mol. The maximum atomic E-state index is 10.7. The van der Waals surface area contributed by atoms with E-state index in [1.165, 1.54) is 13.0 Å². The molecule has 0 saturated heterocycles. The van der Waals surface area contributed by atoms with E-state index in [0.29, 0.717) is 16.7 Å². The topological polar surface area (TPSA) is 83.5 Å². The second-order valence-corrected chi connectivity index (χ2v) is 4.42. The van der Waals surface area contributed by atoms with Gasteiger partial charge in [0.2, 0.25) is 5.91 Å². The fraction of sp³-hybridized carbons (Fsp3) is 0.100. The van der Waals surface area contributed by atoms with Crippen molar-refractivity contribution in [1.29, 1.82) is 0 Å². The Morgan fingerprint density at radius 1 is 1.31 bits per heavy atom. The molecule has 0 heterocycles. The molecule has 0 aliphatic heterocycles. The van der Waals surface area contributed by atoms with E-state index in [1.807, 2.05) is 0 Å². The molecular formula is C10H11NO4S. The highest BCUT2D eigenvalue weighted by molar-refractivity contribution is 7.88. The predicted molar refractivity (Wildman–Crippen MR) is 61.3 cm³/mol. The minimum absolute atomic E-state index is 0.179. The lowest BCUT2D eigenvalue weighted by Gasteiger charge is -2.01. The van der Waals surface area contributed by atoms with Gasteiger partial charge in [0.15, 0.2) is 0 Å². The van der Waals surface area contributed by atoms with Crippen molar-refractivity contribution in [3.63, 3.8) is 0 Å². The highest BCUT2D eigenvalue weighted by Crippen LogP contribution is 2.11. The third-order valence-electron chi connectivity index (χ3n) is 1.66. The summed E-state index contributed by atoms with van der Waals surface area (Å²) in [7, 11) is -4.10. The summed E-state index contributed by atoms with van der Waals surface area (Å²) in [6.07, 6.45) is 1.26. The fourth-order valence-corrected chi connectivity index (χ4v) is 1.37. The Morgan fingerprint density at radius 2 is 1.88 bits per heavy atom. The summed E-state index contributed by atoms with van der Waals surface area (Å²) >= 11 is 0. The van der Waals surface area contributed by atoms with Crippen LogP contribution in [-0.4, -0.2) is 18.9 Å². The number of rotatable bonds is 3. The molecule has 1 aromatic carbocycles. The summed E-state index contributed by atoms with van der Waals surface area (Å²) in [5.41, 5.74) is 1.23. The molecule has 0 saturated carbocycles. The highest BCUT2D eigenvalue weighted by Gasteiger charge is 1.97. The van der Waals surface area contributed by atoms with E-state index >= 15 is 0 Å². The molecule has 16 heavy (non-hydrogen) atoms. The van der Waals surface area contributed by atoms with E-state index in [-0.39, 0.29) is 5.91 Å². The van der Waals surface area contributed by atoms with Gasteiger partial charge in [-0.3, -0.25) is 9.35 Å². The van der Waals surface area contributed by atoms with E-state index in [0.717, 1.165) is 0 Å². The van der Waals surface area contributed by atoms with Crippen LogP contribution in [0, 0.1) is 0 Å². The Morgan fingerprint density at radius 3 is 2.31 bits per heavy atom. The lowest BCUT2D eigenvalue weighted by molar-refractivity contribution is -0.114. The SMILES string of the molecule is CC(=O)Nc1ccc(/C=C/S(=O)(=O)O)cc1. The average Bonchev–Trinajstić information content (AvgIpc) is 2.14. The van der Waals surface area contributed by atoms with Crippen LogP contribution in [0.15, 0.2) is 29.7 Å². The quantitative estimate of drug-likeness (QED) is 0.785. The first kappa shape index (κ1) is 12.4. The second-order valence-electron chi connectivity index (χ2n) is 3.12. The molecule has 0 bridgehead atoms. The van der Waals surface area contributed by atoms with Crippen LogP contribution < -0.4 is 5.32 Å². The van der Waals surface area contributed by atoms with Gasteiger partial charge in [0, 0.05) is 12.6 Å². The van der Waals surface area contributed by atoms with Gasteiger partial charge in [-0.2, -0.15) is 8.42 Å². The Bertz CT molecular complexity index is 502. The molecule has 0 fully saturated rings. The van der Waals surface area contributed by atoms with Crippen LogP contribution in [0.5, 0.6) is 0 Å². The standard InChI is InChI=1S/C10H11NO4S/c1-8(12)11-10-4-2-9(3-5-10)6-7-16(13,14)15/h2-7H,1H3,(H,11,12)(H,13,14,15)/b7-6+. The van der Waals surface area contributed by atoms with Crippen molar-refractivity contribution in [2.45, 2.75) is 6.92 Å². The van der Waals surface area contributed by atoms with Crippen LogP contribution in [-0.2, 0) is 14.9 Å². The van der Waals surface area contributed by atoms with Crippen LogP contribution >= 0.6 is 0 Å². The van der Waals surface area contributed by atoms with Gasteiger partial charge < -0.3 is 5.32 Å². The van der Waals surface area contributed by atoms with Gasteiger partial charge in [-0.15, -0.1) is 0 Å². The summed E-state index contributed by atoms with van der Waals surface area (Å²) < 4.78 is 29.3. The summed E-state index contributed by atoms with van der Waals surface area (Å²) in [5, 5.41) is 3.27. The number of carbonyl (C=O) groups is 1. The first-order valence-electron chi connectivity index (χ1n) is 4.40. The smallest absolute Gasteiger partial charge is 0.287 e. The fourth-order valence-electron chi connectivity index (χ4n) is 1.05. The highest BCUT2D eigenvalue weighted by atomic mass is 32.2. The van der Waals surface area contributed by atoms with Crippen LogP contribution in [0.1, 0.15) is 12.5 Å². The Balaban J connectivity index is 2.80. The normalized spacial score (nSPS) is 11.6. The monoisotopic (exact) mass is 241 g/mol. The number of benzene rings is 1. The summed E-state index contributed by atoms with van der Waals surface area (Å²) in [6.45, 7) is 1.39. The molecule has 0 spiro atoms. The first-order valence-corrected chi connectivity index (χ1v) is 5.90.